The van der Waals surface area contributed by atoms with Crippen LogP contribution in [0.2, 0.25) is 0 Å². The van der Waals surface area contributed by atoms with E-state index in [9.17, 15) is 5.11 Å². The van der Waals surface area contributed by atoms with E-state index in [2.05, 4.69) is 0 Å². The molecule has 1 aromatic carbocycles. The number of aliphatic hydroxyl groups is 2. The highest BCUT2D eigenvalue weighted by atomic mass is 16.3. The van der Waals surface area contributed by atoms with Crippen LogP contribution in [0.1, 0.15) is 18.4 Å². The molecule has 76 valence electrons. The molecular weight excluding hydrogens is 176 g/mol. The Balaban J connectivity index is 2.65. The van der Waals surface area contributed by atoms with Gasteiger partial charge in [-0.15, -0.1) is 0 Å². The molecular formula is C12H16O2. The van der Waals surface area contributed by atoms with E-state index in [0.29, 0.717) is 0 Å². The van der Waals surface area contributed by atoms with Gasteiger partial charge in [-0.2, -0.15) is 0 Å². The van der Waals surface area contributed by atoms with Crippen LogP contribution in [0.4, 0.5) is 0 Å². The lowest BCUT2D eigenvalue weighted by molar-refractivity contribution is 0.195. The molecule has 0 radical (unpaired) electrons. The quantitative estimate of drug-likeness (QED) is 0.713. The molecule has 0 spiro atoms. The molecule has 2 N–H and O–H groups in total. The first-order valence-corrected chi connectivity index (χ1v) is 4.76. The van der Waals surface area contributed by atoms with E-state index in [4.69, 9.17) is 5.11 Å². The van der Waals surface area contributed by atoms with E-state index in [1.807, 2.05) is 37.3 Å². The van der Waals surface area contributed by atoms with Gasteiger partial charge in [-0.1, -0.05) is 49.4 Å². The van der Waals surface area contributed by atoms with Crippen LogP contribution in [-0.4, -0.2) is 22.9 Å². The van der Waals surface area contributed by atoms with Crippen LogP contribution in [-0.2, 0) is 0 Å². The highest BCUT2D eigenvalue weighted by Gasteiger charge is 2.12. The van der Waals surface area contributed by atoms with Crippen molar-refractivity contribution in [2.24, 2.45) is 0 Å². The van der Waals surface area contributed by atoms with Gasteiger partial charge >= 0.3 is 0 Å². The largest absolute Gasteiger partial charge is 0.392 e. The van der Waals surface area contributed by atoms with Gasteiger partial charge in [0.2, 0.25) is 0 Å². The Labute approximate surface area is 84.5 Å². The summed E-state index contributed by atoms with van der Waals surface area (Å²) in [6, 6.07) is 9.83. The summed E-state index contributed by atoms with van der Waals surface area (Å²) in [6.07, 6.45) is 2.64. The molecule has 1 aromatic rings. The third-order valence-corrected chi connectivity index (χ3v) is 2.28. The zero-order valence-corrected chi connectivity index (χ0v) is 8.30. The zero-order valence-electron chi connectivity index (χ0n) is 8.30. The Morgan fingerprint density at radius 2 is 1.93 bits per heavy atom. The molecule has 2 heteroatoms. The van der Waals surface area contributed by atoms with Crippen molar-refractivity contribution in [3.63, 3.8) is 0 Å². The third kappa shape index (κ3) is 2.98. The van der Waals surface area contributed by atoms with Crippen molar-refractivity contribution < 1.29 is 10.2 Å². The predicted octanol–water partition coefficient (Wildman–Crippen LogP) is 1.70. The van der Waals surface area contributed by atoms with Gasteiger partial charge in [-0.3, -0.25) is 0 Å². The minimum absolute atomic E-state index is 0.0292. The van der Waals surface area contributed by atoms with Crippen LogP contribution >= 0.6 is 0 Å². The molecule has 0 saturated heterocycles. The van der Waals surface area contributed by atoms with Gasteiger partial charge in [0.1, 0.15) is 0 Å². The average Bonchev–Trinajstić information content (AvgIpc) is 2.26. The van der Waals surface area contributed by atoms with Crippen LogP contribution in [0.3, 0.4) is 0 Å². The Kier molecular flexibility index (Phi) is 4.36. The molecule has 1 rings (SSSR count). The fourth-order valence-corrected chi connectivity index (χ4v) is 1.32. The van der Waals surface area contributed by atoms with Crippen molar-refractivity contribution >= 4 is 0 Å². The molecule has 2 atom stereocenters. The molecule has 14 heavy (non-hydrogen) atoms. The lowest BCUT2D eigenvalue weighted by atomic mass is 9.95. The van der Waals surface area contributed by atoms with Crippen molar-refractivity contribution in [3.05, 3.63) is 48.0 Å². The highest BCUT2D eigenvalue weighted by Crippen LogP contribution is 2.19. The molecule has 0 amide bonds. The minimum Gasteiger partial charge on any atom is -0.392 e. The third-order valence-electron chi connectivity index (χ3n) is 2.28. The monoisotopic (exact) mass is 192 g/mol. The SMILES string of the molecule is C[C@@H](c1ccccc1)[C@H](O)/C=C/CO. The summed E-state index contributed by atoms with van der Waals surface area (Å²) < 4.78 is 0. The lowest BCUT2D eigenvalue weighted by Gasteiger charge is -2.15. The normalized spacial score (nSPS) is 15.6. The molecule has 0 aliphatic heterocycles. The summed E-state index contributed by atoms with van der Waals surface area (Å²) in [7, 11) is 0. The Hall–Kier alpha value is -1.12. The van der Waals surface area contributed by atoms with Crippen LogP contribution in [0.15, 0.2) is 42.5 Å². The highest BCUT2D eigenvalue weighted by molar-refractivity contribution is 5.21. The van der Waals surface area contributed by atoms with E-state index in [0.717, 1.165) is 5.56 Å². The number of benzene rings is 1. The molecule has 0 heterocycles. The van der Waals surface area contributed by atoms with Crippen molar-refractivity contribution in [1.29, 1.82) is 0 Å². The zero-order chi connectivity index (χ0) is 10.4. The van der Waals surface area contributed by atoms with Crippen molar-refractivity contribution in [2.75, 3.05) is 6.61 Å². The van der Waals surface area contributed by atoms with E-state index >= 15 is 0 Å². The first-order chi connectivity index (χ1) is 6.75. The van der Waals surface area contributed by atoms with Gasteiger partial charge in [0.05, 0.1) is 12.7 Å². The predicted molar refractivity (Wildman–Crippen MR) is 57.1 cm³/mol. The topological polar surface area (TPSA) is 40.5 Å². The van der Waals surface area contributed by atoms with E-state index in [1.54, 1.807) is 12.2 Å². The maximum absolute atomic E-state index is 9.70. The van der Waals surface area contributed by atoms with E-state index in [-0.39, 0.29) is 12.5 Å². The van der Waals surface area contributed by atoms with Crippen molar-refractivity contribution in [1.82, 2.24) is 0 Å². The molecule has 0 fully saturated rings. The average molecular weight is 192 g/mol. The summed E-state index contributed by atoms with van der Waals surface area (Å²) >= 11 is 0. The van der Waals surface area contributed by atoms with Gasteiger partial charge in [-0.05, 0) is 5.56 Å². The first kappa shape index (κ1) is 11.0. The smallest absolute Gasteiger partial charge is 0.0787 e. The number of aliphatic hydroxyl groups excluding tert-OH is 2. The minimum atomic E-state index is -0.537. The van der Waals surface area contributed by atoms with Gasteiger partial charge in [0.25, 0.3) is 0 Å². The first-order valence-electron chi connectivity index (χ1n) is 4.76. The van der Waals surface area contributed by atoms with Gasteiger partial charge in [0, 0.05) is 5.92 Å². The van der Waals surface area contributed by atoms with Gasteiger partial charge in [-0.25, -0.2) is 0 Å². The molecule has 0 aromatic heterocycles. The summed E-state index contributed by atoms with van der Waals surface area (Å²) in [5.74, 6) is 0.0546. The standard InChI is InChI=1S/C12H16O2/c1-10(12(14)8-5-9-13)11-6-3-2-4-7-11/h2-8,10,12-14H,9H2,1H3/b8-5+/t10-,12+/m0/s1. The Morgan fingerprint density at radius 3 is 2.50 bits per heavy atom. The molecule has 2 nitrogen and oxygen atoms in total. The maximum atomic E-state index is 9.70. The number of hydrogen-bond acceptors (Lipinski definition) is 2. The molecule has 0 saturated carbocycles. The van der Waals surface area contributed by atoms with Crippen LogP contribution < -0.4 is 0 Å². The second-order valence-electron chi connectivity index (χ2n) is 3.30. The van der Waals surface area contributed by atoms with Gasteiger partial charge in [0.15, 0.2) is 0 Å². The molecule has 0 unspecified atom stereocenters. The molecule has 0 aliphatic rings. The van der Waals surface area contributed by atoms with Gasteiger partial charge < -0.3 is 10.2 Å². The fraction of sp³-hybridized carbons (Fsp3) is 0.333. The number of hydrogen-bond donors (Lipinski definition) is 2. The molecule has 0 aliphatic carbocycles. The Morgan fingerprint density at radius 1 is 1.29 bits per heavy atom. The van der Waals surface area contributed by atoms with E-state index < -0.39 is 6.10 Å². The fourth-order valence-electron chi connectivity index (χ4n) is 1.32. The van der Waals surface area contributed by atoms with E-state index in [1.165, 1.54) is 0 Å². The number of rotatable bonds is 4. The second-order valence-corrected chi connectivity index (χ2v) is 3.30. The summed E-state index contributed by atoms with van der Waals surface area (Å²) in [4.78, 5) is 0. The van der Waals surface area contributed by atoms with Crippen LogP contribution in [0, 0.1) is 0 Å². The van der Waals surface area contributed by atoms with Crippen LogP contribution in [0.25, 0.3) is 0 Å². The summed E-state index contributed by atoms with van der Waals surface area (Å²) in [5.41, 5.74) is 1.10. The molecule has 0 bridgehead atoms. The van der Waals surface area contributed by atoms with Crippen molar-refractivity contribution in [3.8, 4) is 0 Å². The second kappa shape index (κ2) is 5.58. The Bertz CT molecular complexity index is 280. The lowest BCUT2D eigenvalue weighted by Crippen LogP contribution is -2.12. The van der Waals surface area contributed by atoms with Crippen molar-refractivity contribution in [2.45, 2.75) is 18.9 Å². The maximum Gasteiger partial charge on any atom is 0.0787 e. The van der Waals surface area contributed by atoms with Crippen LogP contribution in [0.5, 0.6) is 0 Å². The summed E-state index contributed by atoms with van der Waals surface area (Å²) in [6.45, 7) is 1.93. The summed E-state index contributed by atoms with van der Waals surface area (Å²) in [5, 5.41) is 18.3.